The van der Waals surface area contributed by atoms with Gasteiger partial charge in [0.15, 0.2) is 0 Å². The molecule has 4 atom stereocenters. The minimum atomic E-state index is -1.06. The number of benzene rings is 4. The highest BCUT2D eigenvalue weighted by atomic mass is 16.6. The topological polar surface area (TPSA) is 69.9 Å². The number of aliphatic hydroxyl groups excluding tert-OH is 3. The van der Waals surface area contributed by atoms with Crippen LogP contribution in [0.4, 0.5) is 0 Å². The monoisotopic (exact) mass is 388 g/mol. The molecule has 4 aromatic rings. The second-order valence-electron chi connectivity index (χ2n) is 7.17. The van der Waals surface area contributed by atoms with Crippen molar-refractivity contribution in [3.63, 3.8) is 0 Å². The van der Waals surface area contributed by atoms with Crippen LogP contribution >= 0.6 is 0 Å². The van der Waals surface area contributed by atoms with Gasteiger partial charge in [-0.2, -0.15) is 0 Å². The SMILES string of the molecule is OC[C@H]1OC(c2cccc3ccccc23)[C@H](O)[C@@H]1O.c1ccc2ccccc2c1. The van der Waals surface area contributed by atoms with Crippen LogP contribution in [-0.4, -0.2) is 40.2 Å². The van der Waals surface area contributed by atoms with Crippen molar-refractivity contribution in [2.24, 2.45) is 0 Å². The van der Waals surface area contributed by atoms with Crippen LogP contribution in [0.1, 0.15) is 11.7 Å². The van der Waals surface area contributed by atoms with Crippen LogP contribution in [0.3, 0.4) is 0 Å². The maximum atomic E-state index is 10.1. The van der Waals surface area contributed by atoms with E-state index in [1.807, 2.05) is 42.5 Å². The molecule has 0 aromatic heterocycles. The molecule has 4 heteroatoms. The Bertz CT molecular complexity index is 1020. The second-order valence-corrected chi connectivity index (χ2v) is 7.17. The molecule has 0 radical (unpaired) electrons. The Balaban J connectivity index is 0.000000171. The summed E-state index contributed by atoms with van der Waals surface area (Å²) in [6, 6.07) is 30.3. The van der Waals surface area contributed by atoms with Crippen molar-refractivity contribution in [3.05, 3.63) is 96.6 Å². The molecule has 1 aliphatic rings. The highest BCUT2D eigenvalue weighted by Crippen LogP contribution is 2.36. The predicted octanol–water partition coefficient (Wildman–Crippen LogP) is 3.83. The Morgan fingerprint density at radius 3 is 1.69 bits per heavy atom. The van der Waals surface area contributed by atoms with Crippen molar-refractivity contribution in [1.82, 2.24) is 0 Å². The molecular formula is C25H24O4. The molecular weight excluding hydrogens is 364 g/mol. The van der Waals surface area contributed by atoms with Gasteiger partial charge in [0.2, 0.25) is 0 Å². The maximum absolute atomic E-state index is 10.1. The lowest BCUT2D eigenvalue weighted by Gasteiger charge is -2.17. The number of hydrogen-bond acceptors (Lipinski definition) is 4. The van der Waals surface area contributed by atoms with E-state index in [9.17, 15) is 10.2 Å². The fourth-order valence-corrected chi connectivity index (χ4v) is 3.79. The summed E-state index contributed by atoms with van der Waals surface area (Å²) in [5.74, 6) is 0. The van der Waals surface area contributed by atoms with Crippen LogP contribution < -0.4 is 0 Å². The zero-order chi connectivity index (χ0) is 20.2. The molecule has 1 saturated heterocycles. The van der Waals surface area contributed by atoms with Crippen molar-refractivity contribution in [1.29, 1.82) is 0 Å². The summed E-state index contributed by atoms with van der Waals surface area (Å²) in [5, 5.41) is 33.7. The molecule has 5 rings (SSSR count). The third kappa shape index (κ3) is 4.02. The molecule has 0 aliphatic carbocycles. The average molecular weight is 388 g/mol. The fraction of sp³-hybridized carbons (Fsp3) is 0.200. The van der Waals surface area contributed by atoms with Crippen LogP contribution in [0.5, 0.6) is 0 Å². The largest absolute Gasteiger partial charge is 0.394 e. The molecule has 3 N–H and O–H groups in total. The van der Waals surface area contributed by atoms with Crippen molar-refractivity contribution >= 4 is 21.5 Å². The first-order valence-corrected chi connectivity index (χ1v) is 9.73. The van der Waals surface area contributed by atoms with Crippen molar-refractivity contribution in [2.75, 3.05) is 6.61 Å². The minimum absolute atomic E-state index is 0.306. The van der Waals surface area contributed by atoms with Crippen LogP contribution in [0, 0.1) is 0 Å². The van der Waals surface area contributed by atoms with Gasteiger partial charge in [-0.1, -0.05) is 91.0 Å². The van der Waals surface area contributed by atoms with Crippen LogP contribution in [0.2, 0.25) is 0 Å². The molecule has 1 heterocycles. The third-order valence-corrected chi connectivity index (χ3v) is 5.33. The van der Waals surface area contributed by atoms with E-state index < -0.39 is 24.4 Å². The summed E-state index contributed by atoms with van der Waals surface area (Å²) >= 11 is 0. The van der Waals surface area contributed by atoms with E-state index in [2.05, 4.69) is 48.5 Å². The molecule has 29 heavy (non-hydrogen) atoms. The summed E-state index contributed by atoms with van der Waals surface area (Å²) in [5.41, 5.74) is 0.834. The Morgan fingerprint density at radius 2 is 1.14 bits per heavy atom. The zero-order valence-corrected chi connectivity index (χ0v) is 15.9. The highest BCUT2D eigenvalue weighted by molar-refractivity contribution is 5.86. The third-order valence-electron chi connectivity index (χ3n) is 5.33. The molecule has 1 unspecified atom stereocenters. The Hall–Kier alpha value is -2.76. The summed E-state index contributed by atoms with van der Waals surface area (Å²) in [7, 11) is 0. The van der Waals surface area contributed by atoms with Gasteiger partial charge in [-0.3, -0.25) is 0 Å². The standard InChI is InChI=1S/C15H16O4.C10H8/c16-8-12-13(17)14(18)15(19-12)11-7-3-5-9-4-1-2-6-10(9)11;1-2-6-10-8-4-3-7-9(10)5-1/h1-7,12-18H,8H2;1-8H/t12-,13-,14-,15?;/m1./s1. The Kier molecular flexibility index (Phi) is 5.88. The van der Waals surface area contributed by atoms with E-state index in [4.69, 9.17) is 9.84 Å². The first kappa shape index (κ1) is 19.6. The van der Waals surface area contributed by atoms with E-state index in [1.54, 1.807) is 0 Å². The molecule has 0 amide bonds. The Labute approximate surface area is 169 Å². The molecule has 0 spiro atoms. The van der Waals surface area contributed by atoms with Crippen LogP contribution in [0.25, 0.3) is 21.5 Å². The molecule has 0 bridgehead atoms. The lowest BCUT2D eigenvalue weighted by molar-refractivity contribution is -0.0223. The van der Waals surface area contributed by atoms with E-state index in [1.165, 1.54) is 10.8 Å². The first-order valence-electron chi connectivity index (χ1n) is 9.73. The lowest BCUT2D eigenvalue weighted by Crippen LogP contribution is -2.32. The number of rotatable bonds is 2. The predicted molar refractivity (Wildman–Crippen MR) is 115 cm³/mol. The van der Waals surface area contributed by atoms with Crippen LogP contribution in [0.15, 0.2) is 91.0 Å². The van der Waals surface area contributed by atoms with Gasteiger partial charge < -0.3 is 20.1 Å². The highest BCUT2D eigenvalue weighted by Gasteiger charge is 2.43. The second kappa shape index (κ2) is 8.72. The molecule has 148 valence electrons. The zero-order valence-electron chi connectivity index (χ0n) is 15.9. The van der Waals surface area contributed by atoms with E-state index in [-0.39, 0.29) is 6.61 Å². The summed E-state index contributed by atoms with van der Waals surface area (Å²) in [4.78, 5) is 0. The Morgan fingerprint density at radius 1 is 0.621 bits per heavy atom. The van der Waals surface area contributed by atoms with Crippen molar-refractivity contribution < 1.29 is 20.1 Å². The smallest absolute Gasteiger partial charge is 0.113 e. The lowest BCUT2D eigenvalue weighted by atomic mass is 9.96. The van der Waals surface area contributed by atoms with Crippen molar-refractivity contribution in [3.8, 4) is 0 Å². The normalized spacial score (nSPS) is 23.7. The van der Waals surface area contributed by atoms with Gasteiger partial charge in [-0.05, 0) is 27.1 Å². The number of hydrogen-bond donors (Lipinski definition) is 3. The first-order chi connectivity index (χ1) is 14.2. The molecule has 0 saturated carbocycles. The number of ether oxygens (including phenoxy) is 1. The summed E-state index contributed by atoms with van der Waals surface area (Å²) in [6.07, 6.45) is -3.44. The number of fused-ring (bicyclic) bond motifs is 2. The van der Waals surface area contributed by atoms with Gasteiger partial charge in [0.05, 0.1) is 6.61 Å². The van der Waals surface area contributed by atoms with Gasteiger partial charge >= 0.3 is 0 Å². The van der Waals surface area contributed by atoms with Crippen molar-refractivity contribution in [2.45, 2.75) is 24.4 Å². The van der Waals surface area contributed by atoms with Gasteiger partial charge in [0.25, 0.3) is 0 Å². The fourth-order valence-electron chi connectivity index (χ4n) is 3.79. The van der Waals surface area contributed by atoms with E-state index in [0.29, 0.717) is 0 Å². The molecule has 4 nitrogen and oxygen atoms in total. The summed E-state index contributed by atoms with van der Waals surface area (Å²) in [6.45, 7) is -0.306. The van der Waals surface area contributed by atoms with Gasteiger partial charge in [0.1, 0.15) is 24.4 Å². The van der Waals surface area contributed by atoms with Gasteiger partial charge in [-0.25, -0.2) is 0 Å². The average Bonchev–Trinajstić information content (AvgIpc) is 3.07. The van der Waals surface area contributed by atoms with Gasteiger partial charge in [-0.15, -0.1) is 0 Å². The van der Waals surface area contributed by atoms with Crippen LogP contribution in [-0.2, 0) is 4.74 Å². The maximum Gasteiger partial charge on any atom is 0.113 e. The van der Waals surface area contributed by atoms with Gasteiger partial charge in [0, 0.05) is 0 Å². The molecule has 4 aromatic carbocycles. The van der Waals surface area contributed by atoms with E-state index >= 15 is 0 Å². The number of aliphatic hydroxyl groups is 3. The molecule has 1 fully saturated rings. The summed E-state index contributed by atoms with van der Waals surface area (Å²) < 4.78 is 5.58. The minimum Gasteiger partial charge on any atom is -0.394 e. The quantitative estimate of drug-likeness (QED) is 0.488. The molecule has 1 aliphatic heterocycles. The van der Waals surface area contributed by atoms with E-state index in [0.717, 1.165) is 16.3 Å².